The zero-order chi connectivity index (χ0) is 9.23. The number of hydrogen-bond acceptors (Lipinski definition) is 2. The maximum absolute atomic E-state index is 5.41. The van der Waals surface area contributed by atoms with Crippen molar-refractivity contribution in [3.05, 3.63) is 12.7 Å². The Hall–Kier alpha value is 0.257. The van der Waals surface area contributed by atoms with Gasteiger partial charge in [-0.2, -0.15) is 6.42 Å². The molecule has 13 heavy (non-hydrogen) atoms. The number of ether oxygens (including phenoxy) is 2. The fourth-order valence-corrected chi connectivity index (χ4v) is 1.00. The Labute approximate surface area is 93.9 Å². The molecule has 0 saturated heterocycles. The molecular formula is C10H19LiO2. The van der Waals surface area contributed by atoms with Crippen LogP contribution in [0.2, 0.25) is 0 Å². The van der Waals surface area contributed by atoms with Gasteiger partial charge >= 0.3 is 18.9 Å². The minimum absolute atomic E-state index is 0. The number of rotatable bonds is 8. The van der Waals surface area contributed by atoms with Gasteiger partial charge in [0, 0.05) is 13.2 Å². The summed E-state index contributed by atoms with van der Waals surface area (Å²) >= 11 is 0. The van der Waals surface area contributed by atoms with E-state index in [4.69, 9.17) is 9.47 Å². The van der Waals surface area contributed by atoms with Crippen molar-refractivity contribution in [3.63, 3.8) is 0 Å². The van der Waals surface area contributed by atoms with Crippen molar-refractivity contribution in [1.82, 2.24) is 0 Å². The van der Waals surface area contributed by atoms with E-state index in [9.17, 15) is 0 Å². The Morgan fingerprint density at radius 3 is 2.62 bits per heavy atom. The molecule has 0 bridgehead atoms. The smallest absolute Gasteiger partial charge is 0.502 e. The predicted octanol–water partition coefficient (Wildman–Crippen LogP) is -0.451. The standard InChI is InChI=1S/C10H19O2.Li/c1-4-6-8-10(7-5-2)12-9-11-3;/h10H,2,4,6-9H2,1,3H3;/q-1;+1/t10-;/m0./s1. The summed E-state index contributed by atoms with van der Waals surface area (Å²) in [7, 11) is 1.63. The van der Waals surface area contributed by atoms with Crippen molar-refractivity contribution in [2.24, 2.45) is 0 Å². The molecule has 0 aromatic rings. The molecule has 0 aliphatic rings. The molecule has 0 aliphatic heterocycles. The molecule has 0 aromatic heterocycles. The second-order valence-electron chi connectivity index (χ2n) is 2.79. The van der Waals surface area contributed by atoms with Crippen LogP contribution in [0.4, 0.5) is 0 Å². The summed E-state index contributed by atoms with van der Waals surface area (Å²) in [6.45, 7) is 6.11. The van der Waals surface area contributed by atoms with Crippen LogP contribution in [0.25, 0.3) is 0 Å². The molecule has 0 aliphatic carbocycles. The van der Waals surface area contributed by atoms with E-state index in [0.717, 1.165) is 12.8 Å². The zero-order valence-corrected chi connectivity index (χ0v) is 9.14. The molecule has 0 spiro atoms. The summed E-state index contributed by atoms with van der Waals surface area (Å²) in [6.07, 6.45) is 7.35. The number of methoxy groups -OCH3 is 1. The van der Waals surface area contributed by atoms with Gasteiger partial charge in [-0.25, -0.2) is 0 Å². The second kappa shape index (κ2) is 12.3. The largest absolute Gasteiger partial charge is 1.00 e. The molecule has 0 aromatic carbocycles. The first-order valence-electron chi connectivity index (χ1n) is 4.45. The first-order chi connectivity index (χ1) is 5.85. The minimum Gasteiger partial charge on any atom is -0.502 e. The molecule has 0 fully saturated rings. The maximum atomic E-state index is 5.41. The molecule has 0 rings (SSSR count). The Bertz CT molecular complexity index is 99.1. The maximum Gasteiger partial charge on any atom is 1.00 e. The van der Waals surface area contributed by atoms with Gasteiger partial charge in [0.2, 0.25) is 0 Å². The van der Waals surface area contributed by atoms with E-state index < -0.39 is 0 Å². The molecule has 0 saturated carbocycles. The Balaban J connectivity index is 0. The summed E-state index contributed by atoms with van der Waals surface area (Å²) in [5.41, 5.74) is 0. The average molecular weight is 178 g/mol. The average Bonchev–Trinajstić information content (AvgIpc) is 2.10. The topological polar surface area (TPSA) is 18.5 Å². The van der Waals surface area contributed by atoms with Gasteiger partial charge in [-0.1, -0.05) is 19.8 Å². The summed E-state index contributed by atoms with van der Waals surface area (Å²) in [6, 6.07) is 0. The molecule has 0 radical (unpaired) electrons. The summed E-state index contributed by atoms with van der Waals surface area (Å²) < 4.78 is 10.2. The molecule has 3 heteroatoms. The van der Waals surface area contributed by atoms with Crippen molar-refractivity contribution < 1.29 is 28.3 Å². The molecule has 0 unspecified atom stereocenters. The first-order valence-corrected chi connectivity index (χ1v) is 4.45. The summed E-state index contributed by atoms with van der Waals surface area (Å²) in [4.78, 5) is 0. The van der Waals surface area contributed by atoms with Crippen LogP contribution in [0.1, 0.15) is 32.6 Å². The first kappa shape index (κ1) is 15.7. The van der Waals surface area contributed by atoms with Crippen LogP contribution in [0, 0.1) is 6.08 Å². The molecule has 0 heterocycles. The number of hydrogen-bond donors (Lipinski definition) is 0. The normalized spacial score (nSPS) is 11.8. The molecule has 2 nitrogen and oxygen atoms in total. The summed E-state index contributed by atoms with van der Waals surface area (Å²) in [5, 5.41) is 0. The predicted molar refractivity (Wildman–Crippen MR) is 49.8 cm³/mol. The minimum atomic E-state index is 0. The van der Waals surface area contributed by atoms with Gasteiger partial charge < -0.3 is 15.5 Å². The van der Waals surface area contributed by atoms with Gasteiger partial charge in [0.05, 0.1) is 0 Å². The third-order valence-electron chi connectivity index (χ3n) is 1.67. The van der Waals surface area contributed by atoms with E-state index >= 15 is 0 Å². The number of unbranched alkanes of at least 4 members (excludes halogenated alkanes) is 1. The fourth-order valence-electron chi connectivity index (χ4n) is 1.00. The molecule has 72 valence electrons. The quantitative estimate of drug-likeness (QED) is 0.285. The van der Waals surface area contributed by atoms with Crippen molar-refractivity contribution in [2.75, 3.05) is 13.9 Å². The van der Waals surface area contributed by atoms with Gasteiger partial charge in [-0.05, 0) is 6.42 Å². The Morgan fingerprint density at radius 1 is 1.46 bits per heavy atom. The third kappa shape index (κ3) is 10.2. The molecule has 0 amide bonds. The fraction of sp³-hybridized carbons (Fsp3) is 0.800. The van der Waals surface area contributed by atoms with Crippen LogP contribution in [-0.2, 0) is 9.47 Å². The Morgan fingerprint density at radius 2 is 2.15 bits per heavy atom. The molecule has 0 N–H and O–H groups in total. The van der Waals surface area contributed by atoms with Gasteiger partial charge in [0.1, 0.15) is 6.79 Å². The van der Waals surface area contributed by atoms with Crippen LogP contribution in [0.3, 0.4) is 0 Å². The van der Waals surface area contributed by atoms with E-state index in [0.29, 0.717) is 6.79 Å². The monoisotopic (exact) mass is 178 g/mol. The SMILES string of the molecule is C=[C-]C[C@@H](CCCC)OCOC.[Li+]. The van der Waals surface area contributed by atoms with E-state index in [1.54, 1.807) is 7.11 Å². The van der Waals surface area contributed by atoms with Crippen molar-refractivity contribution >= 4 is 0 Å². The Kier molecular flexibility index (Phi) is 14.8. The van der Waals surface area contributed by atoms with Crippen LogP contribution in [-0.4, -0.2) is 20.0 Å². The molecule has 1 atom stereocenters. The van der Waals surface area contributed by atoms with Crippen molar-refractivity contribution in [1.29, 1.82) is 0 Å². The zero-order valence-electron chi connectivity index (χ0n) is 9.14. The van der Waals surface area contributed by atoms with Gasteiger partial charge in [-0.15, -0.1) is 0 Å². The van der Waals surface area contributed by atoms with E-state index in [1.807, 2.05) is 0 Å². The van der Waals surface area contributed by atoms with Crippen LogP contribution in [0.15, 0.2) is 6.58 Å². The summed E-state index contributed by atoms with van der Waals surface area (Å²) in [5.74, 6) is 0. The second-order valence-corrected chi connectivity index (χ2v) is 2.79. The van der Waals surface area contributed by atoms with Crippen LogP contribution < -0.4 is 18.9 Å². The van der Waals surface area contributed by atoms with Crippen LogP contribution in [0.5, 0.6) is 0 Å². The van der Waals surface area contributed by atoms with Crippen molar-refractivity contribution in [2.45, 2.75) is 38.7 Å². The third-order valence-corrected chi connectivity index (χ3v) is 1.67. The van der Waals surface area contributed by atoms with Crippen LogP contribution >= 0.6 is 0 Å². The molecular weight excluding hydrogens is 159 g/mol. The van der Waals surface area contributed by atoms with Crippen molar-refractivity contribution in [3.8, 4) is 0 Å². The van der Waals surface area contributed by atoms with Gasteiger partial charge in [0.25, 0.3) is 0 Å². The van der Waals surface area contributed by atoms with E-state index in [2.05, 4.69) is 19.6 Å². The van der Waals surface area contributed by atoms with E-state index in [-0.39, 0.29) is 25.0 Å². The van der Waals surface area contributed by atoms with E-state index in [1.165, 1.54) is 12.8 Å². The van der Waals surface area contributed by atoms with Gasteiger partial charge in [0.15, 0.2) is 0 Å². The van der Waals surface area contributed by atoms with Gasteiger partial charge in [-0.3, -0.25) is 6.58 Å².